The van der Waals surface area contributed by atoms with Gasteiger partial charge in [0.25, 0.3) is 0 Å². The van der Waals surface area contributed by atoms with Crippen molar-refractivity contribution in [2.24, 2.45) is 11.3 Å². The number of aliphatic carboxylic acids is 1. The van der Waals surface area contributed by atoms with Gasteiger partial charge in [-0.1, -0.05) is 47.0 Å². The quantitative estimate of drug-likeness (QED) is 0.229. The third-order valence-corrected chi connectivity index (χ3v) is 12.1. The van der Waals surface area contributed by atoms with Crippen molar-refractivity contribution in [3.8, 4) is 0 Å². The molecule has 0 spiro atoms. The number of carbonyl (C=O) groups excluding carboxylic acids is 2. The van der Waals surface area contributed by atoms with E-state index in [1.807, 2.05) is 27.7 Å². The van der Waals surface area contributed by atoms with Crippen molar-refractivity contribution in [1.29, 1.82) is 0 Å². The van der Waals surface area contributed by atoms with Crippen molar-refractivity contribution in [2.45, 2.75) is 136 Å². The number of nitrogens with one attached hydrogen (secondary N) is 1. The van der Waals surface area contributed by atoms with Crippen molar-refractivity contribution >= 4 is 26.2 Å². The van der Waals surface area contributed by atoms with E-state index in [-0.39, 0.29) is 29.3 Å². The lowest BCUT2D eigenvalue weighted by molar-refractivity contribution is -0.162. The Morgan fingerprint density at radius 3 is 2.06 bits per heavy atom. The average Bonchev–Trinajstić information content (AvgIpc) is 3.14. The first-order valence-electron chi connectivity index (χ1n) is 13.3. The van der Waals surface area contributed by atoms with Gasteiger partial charge in [-0.2, -0.15) is 0 Å². The van der Waals surface area contributed by atoms with Gasteiger partial charge in [0.15, 0.2) is 8.32 Å². The Morgan fingerprint density at radius 2 is 1.60 bits per heavy atom. The number of hydrogen-bond donors (Lipinski definition) is 2. The second kappa shape index (κ2) is 12.7. The summed E-state index contributed by atoms with van der Waals surface area (Å²) in [5.74, 6) is -1.66. The van der Waals surface area contributed by atoms with Gasteiger partial charge in [0, 0.05) is 12.6 Å². The summed E-state index contributed by atoms with van der Waals surface area (Å²) in [5.41, 5.74) is -1.24. The van der Waals surface area contributed by atoms with Crippen molar-refractivity contribution < 1.29 is 28.7 Å². The van der Waals surface area contributed by atoms with E-state index in [1.165, 1.54) is 0 Å². The molecule has 1 fully saturated rings. The highest BCUT2D eigenvalue weighted by molar-refractivity contribution is 6.74. The smallest absolute Gasteiger partial charge is 0.309 e. The maximum atomic E-state index is 13.6. The molecule has 0 saturated heterocycles. The molecule has 0 aromatic carbocycles. The lowest BCUT2D eigenvalue weighted by Gasteiger charge is -2.37. The molecule has 1 rings (SSSR count). The van der Waals surface area contributed by atoms with Crippen LogP contribution in [0.5, 0.6) is 0 Å². The summed E-state index contributed by atoms with van der Waals surface area (Å²) in [6.07, 6.45) is 5.53. The molecule has 1 saturated carbocycles. The van der Waals surface area contributed by atoms with Crippen LogP contribution in [0.15, 0.2) is 0 Å². The zero-order valence-electron chi connectivity index (χ0n) is 23.7. The summed E-state index contributed by atoms with van der Waals surface area (Å²) >= 11 is 0. The molecule has 0 unspecified atom stereocenters. The molecule has 0 aromatic heterocycles. The van der Waals surface area contributed by atoms with Gasteiger partial charge >= 0.3 is 11.9 Å². The van der Waals surface area contributed by atoms with Crippen LogP contribution in [0.25, 0.3) is 0 Å². The van der Waals surface area contributed by atoms with E-state index in [0.717, 1.165) is 19.3 Å². The Morgan fingerprint density at radius 1 is 1.03 bits per heavy atom. The van der Waals surface area contributed by atoms with E-state index in [1.54, 1.807) is 0 Å². The van der Waals surface area contributed by atoms with Crippen LogP contribution in [0, 0.1) is 11.3 Å². The van der Waals surface area contributed by atoms with E-state index in [2.05, 4.69) is 39.2 Å². The van der Waals surface area contributed by atoms with Crippen LogP contribution in [0.3, 0.4) is 0 Å². The lowest BCUT2D eigenvalue weighted by Crippen LogP contribution is -2.48. The summed E-state index contributed by atoms with van der Waals surface area (Å²) < 4.78 is 11.9. The van der Waals surface area contributed by atoms with Crippen molar-refractivity contribution in [1.82, 2.24) is 5.32 Å². The molecule has 1 aliphatic rings. The number of carbonyl (C=O) groups is 3. The van der Waals surface area contributed by atoms with Crippen LogP contribution < -0.4 is 5.32 Å². The van der Waals surface area contributed by atoms with Crippen LogP contribution in [0.1, 0.15) is 106 Å². The van der Waals surface area contributed by atoms with Gasteiger partial charge in [-0.3, -0.25) is 14.4 Å². The lowest BCUT2D eigenvalue weighted by atomic mass is 9.75. The summed E-state index contributed by atoms with van der Waals surface area (Å²) in [6.45, 7) is 18.8. The third kappa shape index (κ3) is 10.2. The Kier molecular flexibility index (Phi) is 11.5. The molecule has 0 bridgehead atoms. The second-order valence-electron chi connectivity index (χ2n) is 12.9. The van der Waals surface area contributed by atoms with Crippen LogP contribution in [-0.4, -0.2) is 49.5 Å². The first kappa shape index (κ1) is 31.6. The van der Waals surface area contributed by atoms with Crippen LogP contribution in [-0.2, 0) is 23.5 Å². The van der Waals surface area contributed by atoms with E-state index in [9.17, 15) is 19.5 Å². The minimum atomic E-state index is -1.97. The number of ether oxygens (including phenoxy) is 1. The molecule has 8 heteroatoms. The molecule has 0 aliphatic heterocycles. The van der Waals surface area contributed by atoms with Gasteiger partial charge in [-0.25, -0.2) is 0 Å². The van der Waals surface area contributed by atoms with Crippen LogP contribution in [0.4, 0.5) is 0 Å². The van der Waals surface area contributed by atoms with Gasteiger partial charge in [0.1, 0.15) is 5.60 Å². The van der Waals surface area contributed by atoms with Gasteiger partial charge in [-0.15, -0.1) is 0 Å². The highest BCUT2D eigenvalue weighted by Gasteiger charge is 2.45. The highest BCUT2D eigenvalue weighted by atomic mass is 28.4. The average molecular weight is 514 g/mol. The van der Waals surface area contributed by atoms with Gasteiger partial charge in [-0.05, 0) is 71.0 Å². The predicted octanol–water partition coefficient (Wildman–Crippen LogP) is 6.07. The maximum absolute atomic E-state index is 13.6. The predicted molar refractivity (Wildman–Crippen MR) is 142 cm³/mol. The number of amides is 1. The first-order valence-corrected chi connectivity index (χ1v) is 16.2. The fourth-order valence-corrected chi connectivity index (χ4v) is 5.59. The third-order valence-electron chi connectivity index (χ3n) is 7.55. The van der Waals surface area contributed by atoms with Gasteiger partial charge in [0.05, 0.1) is 17.8 Å². The van der Waals surface area contributed by atoms with Crippen LogP contribution in [0.2, 0.25) is 18.1 Å². The number of esters is 1. The summed E-state index contributed by atoms with van der Waals surface area (Å²) in [7, 11) is -1.97. The number of carboxylic acids is 1. The summed E-state index contributed by atoms with van der Waals surface area (Å²) in [6, 6.07) is -0.506. The summed E-state index contributed by atoms with van der Waals surface area (Å²) in [4.78, 5) is 38.1. The first-order chi connectivity index (χ1) is 15.9. The largest absolute Gasteiger partial charge is 0.481 e. The standard InChI is InChI=1S/C27H51NO6Si/c1-10-13-20(23(31)34-25(2,3)4)19-27(15-11-12-16-27)24(32)28-21(18-22(29)30)14-17-33-35(8,9)26(5,6)7/h20-21H,10-19H2,1-9H3,(H,28,32)(H,29,30)/t20-,21+/m0/s1. The molecule has 0 radical (unpaired) electrons. The fourth-order valence-electron chi connectivity index (χ4n) is 4.53. The Hall–Kier alpha value is -1.41. The molecule has 35 heavy (non-hydrogen) atoms. The Balaban J connectivity index is 2.98. The molecule has 0 heterocycles. The van der Waals surface area contributed by atoms with E-state index in [4.69, 9.17) is 9.16 Å². The molecular weight excluding hydrogens is 462 g/mol. The van der Waals surface area contributed by atoms with Crippen LogP contribution >= 0.6 is 0 Å². The molecule has 2 atom stereocenters. The topological polar surface area (TPSA) is 102 Å². The van der Waals surface area contributed by atoms with E-state index >= 15 is 0 Å². The zero-order chi connectivity index (χ0) is 27.1. The molecule has 204 valence electrons. The minimum Gasteiger partial charge on any atom is -0.481 e. The zero-order valence-corrected chi connectivity index (χ0v) is 24.7. The number of carboxylic acid groups (broad SMARTS) is 1. The molecule has 1 aliphatic carbocycles. The maximum Gasteiger partial charge on any atom is 0.309 e. The fraction of sp³-hybridized carbons (Fsp3) is 0.889. The van der Waals surface area contributed by atoms with Crippen molar-refractivity contribution in [2.75, 3.05) is 6.61 Å². The molecule has 1 amide bonds. The second-order valence-corrected chi connectivity index (χ2v) is 17.7. The normalized spacial score (nSPS) is 18.1. The van der Waals surface area contributed by atoms with Gasteiger partial charge < -0.3 is 19.6 Å². The van der Waals surface area contributed by atoms with Crippen molar-refractivity contribution in [3.63, 3.8) is 0 Å². The monoisotopic (exact) mass is 513 g/mol. The molecule has 7 nitrogen and oxygen atoms in total. The molecule has 2 N–H and O–H groups in total. The van der Waals surface area contributed by atoms with Gasteiger partial charge in [0.2, 0.25) is 5.91 Å². The molecule has 0 aromatic rings. The SMILES string of the molecule is CCC[C@@H](CC1(C(=O)N[C@H](CCO[Si](C)(C)C(C)(C)C)CC(=O)O)CCCC1)C(=O)OC(C)(C)C. The van der Waals surface area contributed by atoms with Crippen molar-refractivity contribution in [3.05, 3.63) is 0 Å². The number of rotatable bonds is 13. The number of hydrogen-bond acceptors (Lipinski definition) is 5. The molecular formula is C27H51NO6Si. The Labute approximate surface area is 214 Å². The van der Waals surface area contributed by atoms with E-state index in [0.29, 0.717) is 38.7 Å². The minimum absolute atomic E-state index is 0.0579. The summed E-state index contributed by atoms with van der Waals surface area (Å²) in [5, 5.41) is 12.6. The highest BCUT2D eigenvalue weighted by Crippen LogP contribution is 2.45. The van der Waals surface area contributed by atoms with E-state index < -0.39 is 31.3 Å². The Bertz CT molecular complexity index is 716.